The molecule has 3 aliphatic rings. The van der Waals surface area contributed by atoms with E-state index in [-0.39, 0.29) is 17.8 Å². The van der Waals surface area contributed by atoms with Crippen LogP contribution in [0.2, 0.25) is 0 Å². The summed E-state index contributed by atoms with van der Waals surface area (Å²) < 4.78 is 13.8. The number of H-pyrrole nitrogens is 1. The number of aromatic amines is 1. The molecule has 2 bridgehead atoms. The van der Waals surface area contributed by atoms with Crippen LogP contribution >= 0.6 is 0 Å². The molecule has 5 heteroatoms. The molecule has 1 atom stereocenters. The molecule has 1 amide bonds. The van der Waals surface area contributed by atoms with Crippen LogP contribution in [-0.4, -0.2) is 41.5 Å². The highest BCUT2D eigenvalue weighted by atomic mass is 19.1. The number of nitrogens with zero attached hydrogens (tertiary/aromatic N) is 1. The fourth-order valence-corrected chi connectivity index (χ4v) is 3.74. The fourth-order valence-electron chi connectivity index (χ4n) is 3.74. The maximum atomic E-state index is 13.8. The number of hydrogen-bond donors (Lipinski definition) is 2. The van der Waals surface area contributed by atoms with E-state index in [9.17, 15) is 9.18 Å². The summed E-state index contributed by atoms with van der Waals surface area (Å²) in [5.41, 5.74) is 1.59. The van der Waals surface area contributed by atoms with E-state index in [0.29, 0.717) is 22.9 Å². The van der Waals surface area contributed by atoms with Gasteiger partial charge in [-0.05, 0) is 56.1 Å². The van der Waals surface area contributed by atoms with Gasteiger partial charge in [0.15, 0.2) is 0 Å². The summed E-state index contributed by atoms with van der Waals surface area (Å²) in [5, 5.41) is 3.14. The number of hydrogen-bond acceptors (Lipinski definition) is 2. The summed E-state index contributed by atoms with van der Waals surface area (Å²) in [5.74, 6) is 0.190. The molecule has 0 aliphatic carbocycles. The summed E-state index contributed by atoms with van der Waals surface area (Å²) in [7, 11) is 0. The summed E-state index contributed by atoms with van der Waals surface area (Å²) in [6.45, 7) is 3.24. The molecule has 4 nitrogen and oxygen atoms in total. The zero-order valence-corrected chi connectivity index (χ0v) is 12.9. The minimum atomic E-state index is -0.293. The molecule has 2 aromatic rings. The van der Waals surface area contributed by atoms with Crippen molar-refractivity contribution in [3.8, 4) is 11.3 Å². The van der Waals surface area contributed by atoms with Crippen LogP contribution in [0.15, 0.2) is 36.4 Å². The van der Waals surface area contributed by atoms with Crippen molar-refractivity contribution in [2.45, 2.75) is 18.9 Å². The largest absolute Gasteiger partial charge is 0.350 e. The Balaban J connectivity index is 1.48. The van der Waals surface area contributed by atoms with Crippen molar-refractivity contribution in [1.82, 2.24) is 15.2 Å². The topological polar surface area (TPSA) is 48.1 Å². The summed E-state index contributed by atoms with van der Waals surface area (Å²) in [6.07, 6.45) is 2.33. The second-order valence-electron chi connectivity index (χ2n) is 6.48. The van der Waals surface area contributed by atoms with Gasteiger partial charge in [-0.3, -0.25) is 4.79 Å². The van der Waals surface area contributed by atoms with Crippen molar-refractivity contribution in [2.75, 3.05) is 19.6 Å². The van der Waals surface area contributed by atoms with Gasteiger partial charge in [-0.25, -0.2) is 4.39 Å². The average Bonchev–Trinajstić information content (AvgIpc) is 3.06. The number of carbonyl (C=O) groups excluding carboxylic acids is 1. The molecule has 1 aromatic carbocycles. The molecule has 3 saturated heterocycles. The van der Waals surface area contributed by atoms with Gasteiger partial charge in [0.05, 0.1) is 0 Å². The number of amides is 1. The Labute approximate surface area is 134 Å². The van der Waals surface area contributed by atoms with Crippen molar-refractivity contribution in [3.63, 3.8) is 0 Å². The summed E-state index contributed by atoms with van der Waals surface area (Å²) in [6, 6.07) is 10.3. The Morgan fingerprint density at radius 1 is 1.17 bits per heavy atom. The fraction of sp³-hybridized carbons (Fsp3) is 0.389. The molecule has 23 heavy (non-hydrogen) atoms. The van der Waals surface area contributed by atoms with Gasteiger partial charge in [0.25, 0.3) is 5.91 Å². The lowest BCUT2D eigenvalue weighted by Gasteiger charge is -2.44. The van der Waals surface area contributed by atoms with E-state index in [1.807, 2.05) is 0 Å². The van der Waals surface area contributed by atoms with E-state index in [1.54, 1.807) is 30.3 Å². The minimum absolute atomic E-state index is 0.105. The van der Waals surface area contributed by atoms with Crippen molar-refractivity contribution in [2.24, 2.45) is 5.92 Å². The number of fused-ring (bicyclic) bond motifs is 3. The van der Waals surface area contributed by atoms with Crippen LogP contribution in [0.1, 0.15) is 23.3 Å². The molecule has 1 aromatic heterocycles. The van der Waals surface area contributed by atoms with Gasteiger partial charge >= 0.3 is 0 Å². The van der Waals surface area contributed by atoms with Gasteiger partial charge in [0, 0.05) is 23.8 Å². The van der Waals surface area contributed by atoms with E-state index < -0.39 is 0 Å². The number of aromatic nitrogens is 1. The Morgan fingerprint density at radius 3 is 2.65 bits per heavy atom. The third-order valence-corrected chi connectivity index (χ3v) is 5.07. The first kappa shape index (κ1) is 14.5. The predicted molar refractivity (Wildman–Crippen MR) is 86.6 cm³/mol. The van der Waals surface area contributed by atoms with Crippen molar-refractivity contribution in [3.05, 3.63) is 47.9 Å². The number of halogens is 1. The van der Waals surface area contributed by atoms with Crippen LogP contribution < -0.4 is 5.32 Å². The van der Waals surface area contributed by atoms with Crippen LogP contribution in [0.25, 0.3) is 11.3 Å². The zero-order chi connectivity index (χ0) is 15.8. The lowest BCUT2D eigenvalue weighted by molar-refractivity contribution is 0.0618. The normalized spacial score (nSPS) is 26.2. The lowest BCUT2D eigenvalue weighted by Crippen LogP contribution is -2.57. The average molecular weight is 313 g/mol. The van der Waals surface area contributed by atoms with Crippen LogP contribution in [0.4, 0.5) is 4.39 Å². The molecule has 3 fully saturated rings. The first-order valence-corrected chi connectivity index (χ1v) is 8.18. The van der Waals surface area contributed by atoms with Gasteiger partial charge in [0.2, 0.25) is 0 Å². The second-order valence-corrected chi connectivity index (χ2v) is 6.48. The van der Waals surface area contributed by atoms with Crippen molar-refractivity contribution in [1.29, 1.82) is 0 Å². The second kappa shape index (κ2) is 5.81. The molecular formula is C18H20FN3O. The number of benzene rings is 1. The molecule has 0 radical (unpaired) electrons. The maximum absolute atomic E-state index is 13.8. The highest BCUT2D eigenvalue weighted by Crippen LogP contribution is 2.28. The molecule has 2 N–H and O–H groups in total. The summed E-state index contributed by atoms with van der Waals surface area (Å²) >= 11 is 0. The van der Waals surface area contributed by atoms with Gasteiger partial charge < -0.3 is 15.2 Å². The van der Waals surface area contributed by atoms with Crippen molar-refractivity contribution < 1.29 is 9.18 Å². The molecule has 3 aliphatic heterocycles. The van der Waals surface area contributed by atoms with Crippen LogP contribution in [0.3, 0.4) is 0 Å². The molecule has 5 rings (SSSR count). The highest BCUT2D eigenvalue weighted by molar-refractivity contribution is 5.93. The van der Waals surface area contributed by atoms with E-state index in [2.05, 4.69) is 15.2 Å². The van der Waals surface area contributed by atoms with E-state index in [1.165, 1.54) is 6.07 Å². The van der Waals surface area contributed by atoms with Crippen LogP contribution in [-0.2, 0) is 0 Å². The Hall–Kier alpha value is -2.14. The quantitative estimate of drug-likeness (QED) is 0.915. The van der Waals surface area contributed by atoms with Gasteiger partial charge in [-0.15, -0.1) is 0 Å². The number of rotatable bonds is 3. The van der Waals surface area contributed by atoms with E-state index >= 15 is 0 Å². The van der Waals surface area contributed by atoms with E-state index in [4.69, 9.17) is 0 Å². The number of carbonyl (C=O) groups is 1. The lowest BCUT2D eigenvalue weighted by atomic mass is 9.84. The monoisotopic (exact) mass is 313 g/mol. The standard InChI is InChI=1S/C18H20FN3O/c19-14-4-2-1-3-13(14)15-5-6-16(20-15)18(23)21-17-11-22-9-7-12(17)8-10-22/h1-6,12,17,20H,7-11H2,(H,21,23). The molecule has 0 saturated carbocycles. The number of piperidine rings is 3. The number of nitrogens with one attached hydrogen (secondary N) is 2. The van der Waals surface area contributed by atoms with E-state index in [0.717, 1.165) is 32.5 Å². The molecule has 0 spiro atoms. The van der Waals surface area contributed by atoms with Gasteiger partial charge in [0.1, 0.15) is 11.5 Å². The first-order chi connectivity index (χ1) is 11.2. The zero-order valence-electron chi connectivity index (χ0n) is 12.9. The third-order valence-electron chi connectivity index (χ3n) is 5.07. The predicted octanol–water partition coefficient (Wildman–Crippen LogP) is 2.64. The first-order valence-electron chi connectivity index (χ1n) is 8.18. The van der Waals surface area contributed by atoms with Gasteiger partial charge in [-0.2, -0.15) is 0 Å². The molecule has 1 unspecified atom stereocenters. The van der Waals surface area contributed by atoms with Gasteiger partial charge in [-0.1, -0.05) is 12.1 Å². The Morgan fingerprint density at radius 2 is 1.96 bits per heavy atom. The minimum Gasteiger partial charge on any atom is -0.350 e. The maximum Gasteiger partial charge on any atom is 0.267 e. The van der Waals surface area contributed by atoms with Crippen molar-refractivity contribution >= 4 is 5.91 Å². The SMILES string of the molecule is O=C(NC1CN2CCC1CC2)c1ccc(-c2ccccc2F)[nH]1. The Bertz CT molecular complexity index is 719. The smallest absolute Gasteiger partial charge is 0.267 e. The Kier molecular flexibility index (Phi) is 3.65. The third kappa shape index (κ3) is 2.77. The highest BCUT2D eigenvalue weighted by Gasteiger charge is 2.35. The molecular weight excluding hydrogens is 293 g/mol. The molecule has 4 heterocycles. The van der Waals surface area contributed by atoms with Crippen LogP contribution in [0.5, 0.6) is 0 Å². The van der Waals surface area contributed by atoms with Crippen LogP contribution in [0, 0.1) is 11.7 Å². The molecule has 120 valence electrons. The summed E-state index contributed by atoms with van der Waals surface area (Å²) in [4.78, 5) is 17.9.